The van der Waals surface area contributed by atoms with Crippen molar-refractivity contribution in [3.63, 3.8) is 0 Å². The summed E-state index contributed by atoms with van der Waals surface area (Å²) < 4.78 is 10.5. The lowest BCUT2D eigenvalue weighted by atomic mass is 10.0. The van der Waals surface area contributed by atoms with Gasteiger partial charge in [-0.05, 0) is 50.1 Å². The fraction of sp³-hybridized carbons (Fsp3) is 0.526. The van der Waals surface area contributed by atoms with Crippen molar-refractivity contribution in [2.24, 2.45) is 0 Å². The van der Waals surface area contributed by atoms with Gasteiger partial charge in [-0.15, -0.1) is 0 Å². The zero-order valence-electron chi connectivity index (χ0n) is 14.4. The topological polar surface area (TPSA) is 78.9 Å². The second kappa shape index (κ2) is 8.87. The largest absolute Gasteiger partial charge is 0.467 e. The molecule has 2 atom stereocenters. The highest BCUT2D eigenvalue weighted by molar-refractivity contribution is 5.78. The molecule has 25 heavy (non-hydrogen) atoms. The second-order valence-corrected chi connectivity index (χ2v) is 6.60. The van der Waals surface area contributed by atoms with Crippen LogP contribution < -0.4 is 5.32 Å². The maximum absolute atomic E-state index is 12.3. The van der Waals surface area contributed by atoms with Gasteiger partial charge in [-0.25, -0.2) is 0 Å². The number of amides is 1. The molecule has 0 aromatic carbocycles. The van der Waals surface area contributed by atoms with Crippen molar-refractivity contribution in [1.29, 1.82) is 0 Å². The fourth-order valence-corrected chi connectivity index (χ4v) is 3.41. The molecule has 6 heteroatoms. The van der Waals surface area contributed by atoms with Crippen molar-refractivity contribution < 1.29 is 18.7 Å². The standard InChI is InChI=1S/C19H26N2O4/c22-17(18-8-5-11-25-18)12-15-6-2-1-3-9-21(15)14-19(23)20-13-16-7-4-10-24-16/h4-5,7-8,10-11,15,17,22H,1-3,6,9,12-14H2,(H,20,23)/t15-,17-/m1/s1. The van der Waals surface area contributed by atoms with E-state index in [0.717, 1.165) is 38.0 Å². The van der Waals surface area contributed by atoms with Gasteiger partial charge in [0.05, 0.1) is 25.6 Å². The van der Waals surface area contributed by atoms with Crippen molar-refractivity contribution in [3.05, 3.63) is 48.3 Å². The zero-order valence-corrected chi connectivity index (χ0v) is 14.4. The van der Waals surface area contributed by atoms with E-state index in [9.17, 15) is 9.90 Å². The van der Waals surface area contributed by atoms with E-state index in [1.807, 2.05) is 12.1 Å². The molecule has 0 radical (unpaired) electrons. The Morgan fingerprint density at radius 1 is 1.24 bits per heavy atom. The molecule has 2 aromatic rings. The van der Waals surface area contributed by atoms with E-state index in [1.54, 1.807) is 24.7 Å². The first-order valence-electron chi connectivity index (χ1n) is 8.97. The predicted octanol–water partition coefficient (Wildman–Crippen LogP) is 2.86. The fourth-order valence-electron chi connectivity index (χ4n) is 3.41. The lowest BCUT2D eigenvalue weighted by molar-refractivity contribution is -0.123. The normalized spacial score (nSPS) is 20.1. The molecule has 0 bridgehead atoms. The minimum Gasteiger partial charge on any atom is -0.467 e. The number of rotatable bonds is 7. The van der Waals surface area contributed by atoms with Gasteiger partial charge in [0.1, 0.15) is 17.6 Å². The molecule has 136 valence electrons. The lowest BCUT2D eigenvalue weighted by Gasteiger charge is -2.30. The van der Waals surface area contributed by atoms with Gasteiger partial charge in [-0.2, -0.15) is 0 Å². The highest BCUT2D eigenvalue weighted by Crippen LogP contribution is 2.26. The summed E-state index contributed by atoms with van der Waals surface area (Å²) in [6, 6.07) is 7.40. The van der Waals surface area contributed by atoms with E-state index >= 15 is 0 Å². The number of carbonyl (C=O) groups excluding carboxylic acids is 1. The smallest absolute Gasteiger partial charge is 0.234 e. The Morgan fingerprint density at radius 2 is 2.08 bits per heavy atom. The predicted molar refractivity (Wildman–Crippen MR) is 92.7 cm³/mol. The number of furan rings is 2. The van der Waals surface area contributed by atoms with Crippen LogP contribution in [0.5, 0.6) is 0 Å². The molecule has 1 aliphatic heterocycles. The average molecular weight is 346 g/mol. The van der Waals surface area contributed by atoms with E-state index in [2.05, 4.69) is 10.2 Å². The van der Waals surface area contributed by atoms with Crippen molar-refractivity contribution in [1.82, 2.24) is 10.2 Å². The Kier molecular flexibility index (Phi) is 6.30. The molecule has 2 N–H and O–H groups in total. The molecule has 1 aliphatic rings. The molecule has 0 saturated carbocycles. The first-order chi connectivity index (χ1) is 12.2. The Balaban J connectivity index is 1.55. The van der Waals surface area contributed by atoms with Crippen molar-refractivity contribution in [3.8, 4) is 0 Å². The molecule has 0 aliphatic carbocycles. The highest BCUT2D eigenvalue weighted by Gasteiger charge is 2.26. The minimum atomic E-state index is -0.633. The van der Waals surface area contributed by atoms with Crippen molar-refractivity contribution in [2.75, 3.05) is 13.1 Å². The van der Waals surface area contributed by atoms with Gasteiger partial charge in [-0.1, -0.05) is 12.8 Å². The van der Waals surface area contributed by atoms with Gasteiger partial charge < -0.3 is 19.3 Å². The van der Waals surface area contributed by atoms with Crippen LogP contribution in [0.15, 0.2) is 45.6 Å². The molecule has 1 saturated heterocycles. The third-order valence-electron chi connectivity index (χ3n) is 4.75. The minimum absolute atomic E-state index is 0.0178. The molecule has 1 fully saturated rings. The summed E-state index contributed by atoms with van der Waals surface area (Å²) in [6.07, 6.45) is 7.49. The van der Waals surface area contributed by atoms with Crippen LogP contribution in [0.1, 0.15) is 49.7 Å². The number of nitrogens with zero attached hydrogens (tertiary/aromatic N) is 1. The summed E-state index contributed by atoms with van der Waals surface area (Å²) in [6.45, 7) is 1.62. The van der Waals surface area contributed by atoms with E-state index in [4.69, 9.17) is 8.83 Å². The van der Waals surface area contributed by atoms with E-state index in [0.29, 0.717) is 25.3 Å². The van der Waals surface area contributed by atoms with E-state index < -0.39 is 6.10 Å². The third-order valence-corrected chi connectivity index (χ3v) is 4.75. The van der Waals surface area contributed by atoms with E-state index in [-0.39, 0.29) is 11.9 Å². The van der Waals surface area contributed by atoms with Gasteiger partial charge in [-0.3, -0.25) is 9.69 Å². The Hall–Kier alpha value is -2.05. The van der Waals surface area contributed by atoms with Crippen LogP contribution >= 0.6 is 0 Å². The summed E-state index contributed by atoms with van der Waals surface area (Å²) in [5.74, 6) is 1.32. The number of carbonyl (C=O) groups is 1. The number of aliphatic hydroxyl groups excluding tert-OH is 1. The van der Waals surface area contributed by atoms with Crippen molar-refractivity contribution in [2.45, 2.75) is 50.8 Å². The number of nitrogens with one attached hydrogen (secondary N) is 1. The maximum atomic E-state index is 12.3. The van der Waals surface area contributed by atoms with Crippen LogP contribution in [-0.4, -0.2) is 35.0 Å². The molecule has 3 rings (SSSR count). The molecule has 2 aromatic heterocycles. The highest BCUT2D eigenvalue weighted by atomic mass is 16.4. The first kappa shape index (κ1) is 17.8. The Morgan fingerprint density at radius 3 is 2.84 bits per heavy atom. The van der Waals surface area contributed by atoms with Crippen LogP contribution in [0.4, 0.5) is 0 Å². The number of likely N-dealkylation sites (tertiary alicyclic amines) is 1. The second-order valence-electron chi connectivity index (χ2n) is 6.60. The van der Waals surface area contributed by atoms with E-state index in [1.165, 1.54) is 0 Å². The van der Waals surface area contributed by atoms with Crippen molar-refractivity contribution >= 4 is 5.91 Å². The summed E-state index contributed by atoms with van der Waals surface area (Å²) >= 11 is 0. The monoisotopic (exact) mass is 346 g/mol. The molecule has 6 nitrogen and oxygen atoms in total. The molecular formula is C19H26N2O4. The SMILES string of the molecule is O=C(CN1CCCCC[C@@H]1C[C@@H](O)c1ccco1)NCc1ccco1. The number of hydrogen-bond acceptors (Lipinski definition) is 5. The van der Waals surface area contributed by atoms with Crippen LogP contribution in [0.2, 0.25) is 0 Å². The Bertz CT molecular complexity index is 624. The number of aliphatic hydroxyl groups is 1. The van der Waals surface area contributed by atoms with Gasteiger partial charge in [0.2, 0.25) is 5.91 Å². The quantitative estimate of drug-likeness (QED) is 0.806. The molecule has 0 unspecified atom stereocenters. The van der Waals surface area contributed by atoms with Crippen LogP contribution in [0, 0.1) is 0 Å². The van der Waals surface area contributed by atoms with Crippen LogP contribution in [0.3, 0.4) is 0 Å². The van der Waals surface area contributed by atoms with Gasteiger partial charge >= 0.3 is 0 Å². The maximum Gasteiger partial charge on any atom is 0.234 e. The summed E-state index contributed by atoms with van der Waals surface area (Å²) in [5, 5.41) is 13.3. The van der Waals surface area contributed by atoms with Crippen LogP contribution in [-0.2, 0) is 11.3 Å². The summed E-state index contributed by atoms with van der Waals surface area (Å²) in [4.78, 5) is 14.5. The lowest BCUT2D eigenvalue weighted by Crippen LogP contribution is -2.43. The summed E-state index contributed by atoms with van der Waals surface area (Å²) in [7, 11) is 0. The van der Waals surface area contributed by atoms with Gasteiger partial charge in [0, 0.05) is 6.04 Å². The zero-order chi connectivity index (χ0) is 17.5. The summed E-state index contributed by atoms with van der Waals surface area (Å²) in [5.41, 5.74) is 0. The molecular weight excluding hydrogens is 320 g/mol. The molecule has 1 amide bonds. The average Bonchev–Trinajstić information content (AvgIpc) is 3.28. The van der Waals surface area contributed by atoms with Crippen LogP contribution in [0.25, 0.3) is 0 Å². The molecule has 3 heterocycles. The van der Waals surface area contributed by atoms with Gasteiger partial charge in [0.25, 0.3) is 0 Å². The first-order valence-corrected chi connectivity index (χ1v) is 8.97. The third kappa shape index (κ3) is 5.21. The molecule has 0 spiro atoms. The van der Waals surface area contributed by atoms with Gasteiger partial charge in [0.15, 0.2) is 0 Å². The number of hydrogen-bond donors (Lipinski definition) is 2. The Labute approximate surface area is 147 Å².